The predicted molar refractivity (Wildman–Crippen MR) is 58.8 cm³/mol. The first-order valence-corrected chi connectivity index (χ1v) is 5.81. The van der Waals surface area contributed by atoms with Crippen LogP contribution in [0.2, 0.25) is 0 Å². The van der Waals surface area contributed by atoms with Crippen LogP contribution in [0.4, 0.5) is 0 Å². The molecule has 14 heavy (non-hydrogen) atoms. The minimum atomic E-state index is 0.794. The van der Waals surface area contributed by atoms with E-state index in [4.69, 9.17) is 5.41 Å². The van der Waals surface area contributed by atoms with E-state index in [2.05, 4.69) is 9.88 Å². The molecule has 76 valence electrons. The van der Waals surface area contributed by atoms with Crippen LogP contribution >= 0.6 is 11.3 Å². The Labute approximate surface area is 88.3 Å². The largest absolute Gasteiger partial charge is 0.355 e. The zero-order valence-electron chi connectivity index (χ0n) is 8.42. The molecule has 1 aromatic heterocycles. The summed E-state index contributed by atoms with van der Waals surface area (Å²) in [7, 11) is 0. The third-order valence-electron chi connectivity index (χ3n) is 2.49. The Morgan fingerprint density at radius 2 is 2.43 bits per heavy atom. The highest BCUT2D eigenvalue weighted by Gasteiger charge is 2.15. The molecule has 1 aliphatic heterocycles. The van der Waals surface area contributed by atoms with Crippen LogP contribution in [-0.4, -0.2) is 22.3 Å². The average Bonchev–Trinajstić information content (AvgIpc) is 2.56. The highest BCUT2D eigenvalue weighted by molar-refractivity contribution is 7.11. The zero-order chi connectivity index (χ0) is 9.97. The summed E-state index contributed by atoms with van der Waals surface area (Å²) in [6.45, 7) is 3.94. The maximum atomic E-state index is 7.81. The van der Waals surface area contributed by atoms with E-state index in [1.807, 2.05) is 13.1 Å². The van der Waals surface area contributed by atoms with Crippen LogP contribution in [-0.2, 0) is 6.54 Å². The number of hydrogen-bond donors (Lipinski definition) is 1. The maximum Gasteiger partial charge on any atom is 0.0960 e. The molecule has 0 atom stereocenters. The number of amidine groups is 1. The van der Waals surface area contributed by atoms with E-state index in [1.165, 1.54) is 17.7 Å². The SMILES string of the molecule is Cc1ncc(CN2CCCCC2=N)s1. The summed E-state index contributed by atoms with van der Waals surface area (Å²) in [4.78, 5) is 7.66. The van der Waals surface area contributed by atoms with Gasteiger partial charge in [-0.2, -0.15) is 0 Å². The van der Waals surface area contributed by atoms with Crippen LogP contribution < -0.4 is 0 Å². The monoisotopic (exact) mass is 209 g/mol. The molecule has 1 saturated heterocycles. The van der Waals surface area contributed by atoms with Gasteiger partial charge in [-0.3, -0.25) is 5.41 Å². The molecule has 1 aromatic rings. The van der Waals surface area contributed by atoms with Gasteiger partial charge in [-0.05, 0) is 19.8 Å². The first kappa shape index (κ1) is 9.65. The first-order chi connectivity index (χ1) is 6.75. The lowest BCUT2D eigenvalue weighted by atomic mass is 10.1. The molecule has 0 amide bonds. The molecule has 1 aliphatic rings. The number of aromatic nitrogens is 1. The van der Waals surface area contributed by atoms with E-state index in [1.54, 1.807) is 11.3 Å². The third kappa shape index (κ3) is 2.12. The van der Waals surface area contributed by atoms with E-state index < -0.39 is 0 Å². The molecule has 3 nitrogen and oxygen atoms in total. The molecular weight excluding hydrogens is 194 g/mol. The molecule has 2 heterocycles. The number of nitrogens with one attached hydrogen (secondary N) is 1. The normalized spacial score (nSPS) is 17.5. The van der Waals surface area contributed by atoms with E-state index in [9.17, 15) is 0 Å². The van der Waals surface area contributed by atoms with Crippen molar-refractivity contribution in [3.05, 3.63) is 16.1 Å². The Morgan fingerprint density at radius 1 is 1.57 bits per heavy atom. The maximum absolute atomic E-state index is 7.81. The second kappa shape index (κ2) is 4.09. The van der Waals surface area contributed by atoms with E-state index in [-0.39, 0.29) is 0 Å². The van der Waals surface area contributed by atoms with Crippen molar-refractivity contribution in [3.8, 4) is 0 Å². The molecule has 0 aromatic carbocycles. The highest BCUT2D eigenvalue weighted by Crippen LogP contribution is 2.18. The van der Waals surface area contributed by atoms with Gasteiger partial charge in [0.05, 0.1) is 17.4 Å². The fraction of sp³-hybridized carbons (Fsp3) is 0.600. The van der Waals surface area contributed by atoms with Crippen LogP contribution in [0.5, 0.6) is 0 Å². The smallest absolute Gasteiger partial charge is 0.0960 e. The van der Waals surface area contributed by atoms with Gasteiger partial charge in [-0.25, -0.2) is 4.98 Å². The third-order valence-corrected chi connectivity index (χ3v) is 3.39. The summed E-state index contributed by atoms with van der Waals surface area (Å²) in [5.41, 5.74) is 0. The van der Waals surface area contributed by atoms with Crippen LogP contribution in [0.1, 0.15) is 29.1 Å². The van der Waals surface area contributed by atoms with E-state index >= 15 is 0 Å². The van der Waals surface area contributed by atoms with Crippen LogP contribution in [0.3, 0.4) is 0 Å². The summed E-state index contributed by atoms with van der Waals surface area (Å²) in [6, 6.07) is 0. The van der Waals surface area contributed by atoms with Crippen molar-refractivity contribution in [2.24, 2.45) is 0 Å². The van der Waals surface area contributed by atoms with Gasteiger partial charge in [-0.15, -0.1) is 11.3 Å². The Morgan fingerprint density at radius 3 is 3.07 bits per heavy atom. The van der Waals surface area contributed by atoms with Crippen molar-refractivity contribution >= 4 is 17.2 Å². The molecule has 0 bridgehead atoms. The number of rotatable bonds is 2. The molecule has 1 N–H and O–H groups in total. The number of hydrogen-bond acceptors (Lipinski definition) is 3. The molecule has 1 fully saturated rings. The van der Waals surface area contributed by atoms with Crippen molar-refractivity contribution in [2.45, 2.75) is 32.7 Å². The number of likely N-dealkylation sites (tertiary alicyclic amines) is 1. The summed E-state index contributed by atoms with van der Waals surface area (Å²) in [5.74, 6) is 0.794. The number of thiazole rings is 1. The number of piperidine rings is 1. The lowest BCUT2D eigenvalue weighted by Crippen LogP contribution is -2.33. The predicted octanol–water partition coefficient (Wildman–Crippen LogP) is 2.41. The second-order valence-corrected chi connectivity index (χ2v) is 4.99. The lowest BCUT2D eigenvalue weighted by molar-refractivity contribution is 0.363. The Bertz CT molecular complexity index is 332. The average molecular weight is 209 g/mol. The van der Waals surface area contributed by atoms with Gasteiger partial charge in [-0.1, -0.05) is 0 Å². The number of aryl methyl sites for hydroxylation is 1. The van der Waals surface area contributed by atoms with Crippen LogP contribution in [0.15, 0.2) is 6.20 Å². The minimum Gasteiger partial charge on any atom is -0.355 e. The molecule has 4 heteroatoms. The van der Waals surface area contributed by atoms with Gasteiger partial charge < -0.3 is 4.90 Å². The molecule has 0 spiro atoms. The highest BCUT2D eigenvalue weighted by atomic mass is 32.1. The quantitative estimate of drug-likeness (QED) is 0.812. The van der Waals surface area contributed by atoms with Gasteiger partial charge >= 0.3 is 0 Å². The minimum absolute atomic E-state index is 0.794. The van der Waals surface area contributed by atoms with Crippen molar-refractivity contribution in [1.82, 2.24) is 9.88 Å². The van der Waals surface area contributed by atoms with Crippen molar-refractivity contribution in [1.29, 1.82) is 5.41 Å². The van der Waals surface area contributed by atoms with Crippen LogP contribution in [0, 0.1) is 12.3 Å². The summed E-state index contributed by atoms with van der Waals surface area (Å²) in [5, 5.41) is 8.93. The fourth-order valence-electron chi connectivity index (χ4n) is 1.73. The Hall–Kier alpha value is -0.900. The fourth-order valence-corrected chi connectivity index (χ4v) is 2.54. The standard InChI is InChI=1S/C10H15N3S/c1-8-12-6-9(14-8)7-13-5-3-2-4-10(13)11/h6,11H,2-5,7H2,1H3. The zero-order valence-corrected chi connectivity index (χ0v) is 9.23. The summed E-state index contributed by atoms with van der Waals surface area (Å²) < 4.78 is 0. The van der Waals surface area contributed by atoms with Crippen molar-refractivity contribution in [2.75, 3.05) is 6.54 Å². The Balaban J connectivity index is 1.99. The van der Waals surface area contributed by atoms with Crippen molar-refractivity contribution < 1.29 is 0 Å². The van der Waals surface area contributed by atoms with Gasteiger partial charge in [0, 0.05) is 24.0 Å². The molecule has 0 aliphatic carbocycles. The van der Waals surface area contributed by atoms with E-state index in [0.717, 1.165) is 30.4 Å². The second-order valence-electron chi connectivity index (χ2n) is 3.67. The van der Waals surface area contributed by atoms with Gasteiger partial charge in [0.1, 0.15) is 0 Å². The lowest BCUT2D eigenvalue weighted by Gasteiger charge is -2.28. The van der Waals surface area contributed by atoms with Gasteiger partial charge in [0.15, 0.2) is 0 Å². The van der Waals surface area contributed by atoms with Gasteiger partial charge in [0.2, 0.25) is 0 Å². The molecule has 2 rings (SSSR count). The first-order valence-electron chi connectivity index (χ1n) is 4.99. The Kier molecular flexibility index (Phi) is 2.82. The number of nitrogens with zero attached hydrogens (tertiary/aromatic N) is 2. The van der Waals surface area contributed by atoms with Crippen molar-refractivity contribution in [3.63, 3.8) is 0 Å². The summed E-state index contributed by atoms with van der Waals surface area (Å²) in [6.07, 6.45) is 5.27. The topological polar surface area (TPSA) is 40.0 Å². The summed E-state index contributed by atoms with van der Waals surface area (Å²) >= 11 is 1.73. The molecular formula is C10H15N3S. The van der Waals surface area contributed by atoms with E-state index in [0.29, 0.717) is 0 Å². The van der Waals surface area contributed by atoms with Gasteiger partial charge in [0.25, 0.3) is 0 Å². The molecule has 0 unspecified atom stereocenters. The molecule has 0 saturated carbocycles. The molecule has 0 radical (unpaired) electrons. The van der Waals surface area contributed by atoms with Crippen LogP contribution in [0.25, 0.3) is 0 Å².